The standard InChI is InChI=1S/C11H15N3O6S/c1-3-20-10(15)4-5-13-21(17,18)9-7-12-6-8(14-9)11(16)19-2/h6-7,13H,3-5H2,1-2H3. The number of methoxy groups -OCH3 is 1. The molecule has 0 atom stereocenters. The van der Waals surface area contributed by atoms with Crippen LogP contribution in [0.25, 0.3) is 0 Å². The zero-order valence-electron chi connectivity index (χ0n) is 11.5. The zero-order valence-corrected chi connectivity index (χ0v) is 12.3. The maximum absolute atomic E-state index is 11.9. The summed E-state index contributed by atoms with van der Waals surface area (Å²) in [5.41, 5.74) is -0.231. The van der Waals surface area contributed by atoms with E-state index in [0.29, 0.717) is 0 Å². The molecule has 0 bridgehead atoms. The van der Waals surface area contributed by atoms with Crippen LogP contribution in [0.2, 0.25) is 0 Å². The first-order valence-corrected chi connectivity index (χ1v) is 7.44. The molecule has 10 heteroatoms. The molecule has 0 saturated carbocycles. The van der Waals surface area contributed by atoms with Crippen molar-refractivity contribution in [3.05, 3.63) is 18.1 Å². The lowest BCUT2D eigenvalue weighted by atomic mass is 10.4. The quantitative estimate of drug-likeness (QED) is 0.667. The second kappa shape index (κ2) is 7.64. The van der Waals surface area contributed by atoms with Gasteiger partial charge in [-0.2, -0.15) is 0 Å². The van der Waals surface area contributed by atoms with E-state index in [4.69, 9.17) is 0 Å². The minimum absolute atomic E-state index is 0.114. The molecule has 0 amide bonds. The Morgan fingerprint density at radius 2 is 2.05 bits per heavy atom. The monoisotopic (exact) mass is 317 g/mol. The van der Waals surface area contributed by atoms with Gasteiger partial charge in [-0.1, -0.05) is 0 Å². The summed E-state index contributed by atoms with van der Waals surface area (Å²) in [6, 6.07) is 0. The summed E-state index contributed by atoms with van der Waals surface area (Å²) in [4.78, 5) is 29.6. The summed E-state index contributed by atoms with van der Waals surface area (Å²) in [6.45, 7) is 1.72. The number of hydrogen-bond acceptors (Lipinski definition) is 8. The highest BCUT2D eigenvalue weighted by molar-refractivity contribution is 7.89. The van der Waals surface area contributed by atoms with Crippen LogP contribution in [0.4, 0.5) is 0 Å². The Bertz CT molecular complexity index is 616. The Labute approximate surface area is 121 Å². The highest BCUT2D eigenvalue weighted by Crippen LogP contribution is 2.05. The smallest absolute Gasteiger partial charge is 0.358 e. The van der Waals surface area contributed by atoms with Gasteiger partial charge in [0.25, 0.3) is 10.0 Å². The number of carbonyl (C=O) groups excluding carboxylic acids is 2. The summed E-state index contributed by atoms with van der Waals surface area (Å²) in [5, 5.41) is -0.436. The molecule has 0 unspecified atom stereocenters. The topological polar surface area (TPSA) is 125 Å². The van der Waals surface area contributed by atoms with E-state index in [2.05, 4.69) is 24.2 Å². The number of rotatable bonds is 7. The summed E-state index contributed by atoms with van der Waals surface area (Å²) in [5.74, 6) is -1.32. The number of ether oxygens (including phenoxy) is 2. The van der Waals surface area contributed by atoms with Crippen molar-refractivity contribution in [1.29, 1.82) is 0 Å². The molecular formula is C11H15N3O6S. The lowest BCUT2D eigenvalue weighted by Crippen LogP contribution is -2.28. The second-order valence-electron chi connectivity index (χ2n) is 3.69. The predicted molar refractivity (Wildman–Crippen MR) is 69.8 cm³/mol. The average molecular weight is 317 g/mol. The maximum Gasteiger partial charge on any atom is 0.358 e. The molecule has 0 aliphatic heterocycles. The van der Waals surface area contributed by atoms with Gasteiger partial charge in [-0.3, -0.25) is 9.78 Å². The molecule has 0 aliphatic carbocycles. The number of nitrogens with zero attached hydrogens (tertiary/aromatic N) is 2. The first-order valence-electron chi connectivity index (χ1n) is 5.96. The van der Waals surface area contributed by atoms with E-state index in [1.807, 2.05) is 0 Å². The van der Waals surface area contributed by atoms with E-state index >= 15 is 0 Å². The normalized spacial score (nSPS) is 11.0. The minimum atomic E-state index is -3.97. The molecule has 1 aromatic heterocycles. The number of nitrogens with one attached hydrogen (secondary N) is 1. The number of sulfonamides is 1. The van der Waals surface area contributed by atoms with Gasteiger partial charge in [0.15, 0.2) is 10.7 Å². The van der Waals surface area contributed by atoms with Gasteiger partial charge in [-0.25, -0.2) is 22.9 Å². The van der Waals surface area contributed by atoms with Gasteiger partial charge in [0.2, 0.25) is 0 Å². The SMILES string of the molecule is CCOC(=O)CCNS(=O)(=O)c1cncc(C(=O)OC)n1. The van der Waals surface area contributed by atoms with Gasteiger partial charge in [-0.05, 0) is 6.92 Å². The average Bonchev–Trinajstić information content (AvgIpc) is 2.46. The molecule has 116 valence electrons. The molecule has 1 rings (SSSR count). The summed E-state index contributed by atoms with van der Waals surface area (Å²) in [7, 11) is -2.83. The minimum Gasteiger partial charge on any atom is -0.466 e. The molecule has 0 aliphatic rings. The molecule has 1 aromatic rings. The maximum atomic E-state index is 11.9. The van der Waals surface area contributed by atoms with Crippen molar-refractivity contribution in [2.75, 3.05) is 20.3 Å². The van der Waals surface area contributed by atoms with E-state index in [1.54, 1.807) is 6.92 Å². The number of carbonyl (C=O) groups is 2. The van der Waals surface area contributed by atoms with Gasteiger partial charge in [0, 0.05) is 6.54 Å². The van der Waals surface area contributed by atoms with Gasteiger partial charge in [-0.15, -0.1) is 0 Å². The van der Waals surface area contributed by atoms with E-state index in [1.165, 1.54) is 0 Å². The van der Waals surface area contributed by atoms with Crippen LogP contribution in [0, 0.1) is 0 Å². The largest absolute Gasteiger partial charge is 0.466 e. The molecule has 1 heterocycles. The third-order valence-corrected chi connectivity index (χ3v) is 3.54. The molecule has 0 radical (unpaired) electrons. The van der Waals surface area contributed by atoms with Crippen molar-refractivity contribution < 1.29 is 27.5 Å². The predicted octanol–water partition coefficient (Wildman–Crippen LogP) is -0.505. The van der Waals surface area contributed by atoms with Crippen molar-refractivity contribution >= 4 is 22.0 Å². The molecule has 9 nitrogen and oxygen atoms in total. The summed E-state index contributed by atoms with van der Waals surface area (Å²) < 4.78 is 35.1. The number of aromatic nitrogens is 2. The van der Waals surface area contributed by atoms with Crippen LogP contribution in [-0.4, -0.2) is 50.6 Å². The summed E-state index contributed by atoms with van der Waals surface area (Å²) >= 11 is 0. The Kier molecular flexibility index (Phi) is 6.18. The van der Waals surface area contributed by atoms with Crippen LogP contribution in [0.15, 0.2) is 17.4 Å². The Hall–Kier alpha value is -2.07. The highest BCUT2D eigenvalue weighted by Gasteiger charge is 2.19. The Balaban J connectivity index is 2.74. The van der Waals surface area contributed by atoms with Crippen molar-refractivity contribution in [2.45, 2.75) is 18.4 Å². The molecule has 0 aromatic carbocycles. The fourth-order valence-electron chi connectivity index (χ4n) is 1.28. The van der Waals surface area contributed by atoms with Crippen LogP contribution in [0.1, 0.15) is 23.8 Å². The van der Waals surface area contributed by atoms with E-state index in [0.717, 1.165) is 19.5 Å². The molecular weight excluding hydrogens is 302 g/mol. The van der Waals surface area contributed by atoms with Crippen LogP contribution < -0.4 is 4.72 Å². The second-order valence-corrected chi connectivity index (χ2v) is 5.40. The first-order chi connectivity index (χ1) is 9.90. The third kappa shape index (κ3) is 5.08. The van der Waals surface area contributed by atoms with Crippen molar-refractivity contribution in [3.8, 4) is 0 Å². The van der Waals surface area contributed by atoms with Crippen molar-refractivity contribution in [3.63, 3.8) is 0 Å². The van der Waals surface area contributed by atoms with Crippen LogP contribution in [-0.2, 0) is 24.3 Å². The van der Waals surface area contributed by atoms with Gasteiger partial charge in [0.1, 0.15) is 0 Å². The molecule has 0 spiro atoms. The molecule has 21 heavy (non-hydrogen) atoms. The van der Waals surface area contributed by atoms with E-state index < -0.39 is 27.0 Å². The van der Waals surface area contributed by atoms with Crippen LogP contribution in [0.5, 0.6) is 0 Å². The van der Waals surface area contributed by atoms with Gasteiger partial charge in [0.05, 0.1) is 32.5 Å². The lowest BCUT2D eigenvalue weighted by Gasteiger charge is -2.06. The number of esters is 2. The number of hydrogen-bond donors (Lipinski definition) is 1. The fraction of sp³-hybridized carbons (Fsp3) is 0.455. The molecule has 0 fully saturated rings. The van der Waals surface area contributed by atoms with E-state index in [9.17, 15) is 18.0 Å². The summed E-state index contributed by atoms with van der Waals surface area (Å²) in [6.07, 6.45) is 1.96. The molecule has 1 N–H and O–H groups in total. The highest BCUT2D eigenvalue weighted by atomic mass is 32.2. The van der Waals surface area contributed by atoms with Gasteiger partial charge >= 0.3 is 11.9 Å². The zero-order chi connectivity index (χ0) is 15.9. The van der Waals surface area contributed by atoms with Crippen molar-refractivity contribution in [2.24, 2.45) is 0 Å². The fourth-order valence-corrected chi connectivity index (χ4v) is 2.21. The van der Waals surface area contributed by atoms with Crippen molar-refractivity contribution in [1.82, 2.24) is 14.7 Å². The third-order valence-electron chi connectivity index (χ3n) is 2.21. The van der Waals surface area contributed by atoms with E-state index in [-0.39, 0.29) is 25.3 Å². The molecule has 0 saturated heterocycles. The van der Waals surface area contributed by atoms with Gasteiger partial charge < -0.3 is 9.47 Å². The first kappa shape index (κ1) is 17.0. The Morgan fingerprint density at radius 1 is 1.33 bits per heavy atom. The Morgan fingerprint density at radius 3 is 2.67 bits per heavy atom. The van der Waals surface area contributed by atoms with Crippen LogP contribution >= 0.6 is 0 Å². The lowest BCUT2D eigenvalue weighted by molar-refractivity contribution is -0.142. The van der Waals surface area contributed by atoms with Crippen LogP contribution in [0.3, 0.4) is 0 Å².